The predicted octanol–water partition coefficient (Wildman–Crippen LogP) is 4.70. The number of anilines is 2. The number of nitrogens with one attached hydrogen (secondary N) is 1. The fourth-order valence-electron chi connectivity index (χ4n) is 4.02. The van der Waals surface area contributed by atoms with Gasteiger partial charge in [-0.1, -0.05) is 11.6 Å². The van der Waals surface area contributed by atoms with E-state index in [0.717, 1.165) is 20.4 Å². The van der Waals surface area contributed by atoms with Crippen LogP contribution in [-0.4, -0.2) is 17.7 Å². The topological polar surface area (TPSA) is 66.5 Å². The number of aryl methyl sites for hydroxylation is 1. The molecule has 2 aromatic carbocycles. The maximum absolute atomic E-state index is 12.8. The fraction of sp³-hybridized carbons (Fsp3) is 0.261. The maximum atomic E-state index is 12.8. The Hall–Kier alpha value is -2.48. The van der Waals surface area contributed by atoms with Gasteiger partial charge in [0.15, 0.2) is 0 Å². The van der Waals surface area contributed by atoms with E-state index in [4.69, 9.17) is 0 Å². The van der Waals surface area contributed by atoms with Gasteiger partial charge in [-0.05, 0) is 97.3 Å². The van der Waals surface area contributed by atoms with Crippen molar-refractivity contribution < 1.29 is 14.4 Å². The first-order valence-corrected chi connectivity index (χ1v) is 10.6. The Bertz CT molecular complexity index is 1040. The Morgan fingerprint density at radius 3 is 2.41 bits per heavy atom. The van der Waals surface area contributed by atoms with E-state index in [1.165, 1.54) is 4.90 Å². The van der Waals surface area contributed by atoms with Crippen molar-refractivity contribution >= 4 is 51.7 Å². The van der Waals surface area contributed by atoms with Crippen LogP contribution in [0, 0.1) is 22.3 Å². The standard InChI is InChI=1S/C23H21IN2O3/c1-13-3-9-18-19(11-13)23(29)26(22(18)28)17-7-4-15(5-8-17)21(27)25-20-10-6-16(24)12-14(20)2/h3-8,10,12,18-19H,9,11H2,1-2H3,(H,25,27)/t18-,19+/m1/s1. The normalized spacial score (nSPS) is 21.1. The molecule has 148 valence electrons. The maximum Gasteiger partial charge on any atom is 0.255 e. The number of hydrogen-bond donors (Lipinski definition) is 1. The van der Waals surface area contributed by atoms with Crippen LogP contribution in [-0.2, 0) is 9.59 Å². The number of carbonyl (C=O) groups is 3. The molecule has 6 heteroatoms. The van der Waals surface area contributed by atoms with Crippen LogP contribution in [0.25, 0.3) is 0 Å². The minimum atomic E-state index is -0.266. The van der Waals surface area contributed by atoms with Gasteiger partial charge in [0.05, 0.1) is 17.5 Å². The van der Waals surface area contributed by atoms with E-state index < -0.39 is 0 Å². The summed E-state index contributed by atoms with van der Waals surface area (Å²) in [6.07, 6.45) is 3.31. The van der Waals surface area contributed by atoms with E-state index in [1.807, 2.05) is 32.0 Å². The van der Waals surface area contributed by atoms with Crippen molar-refractivity contribution in [1.29, 1.82) is 0 Å². The molecule has 1 aliphatic heterocycles. The zero-order chi connectivity index (χ0) is 20.7. The van der Waals surface area contributed by atoms with Gasteiger partial charge in [0.25, 0.3) is 5.91 Å². The van der Waals surface area contributed by atoms with Crippen LogP contribution >= 0.6 is 22.6 Å². The minimum absolute atomic E-state index is 0.140. The van der Waals surface area contributed by atoms with E-state index in [1.54, 1.807) is 24.3 Å². The van der Waals surface area contributed by atoms with E-state index in [0.29, 0.717) is 24.1 Å². The number of halogens is 1. The summed E-state index contributed by atoms with van der Waals surface area (Å²) < 4.78 is 1.10. The lowest BCUT2D eigenvalue weighted by Gasteiger charge is -2.18. The minimum Gasteiger partial charge on any atom is -0.322 e. The van der Waals surface area contributed by atoms with Crippen molar-refractivity contribution in [3.05, 3.63) is 68.8 Å². The van der Waals surface area contributed by atoms with Crippen molar-refractivity contribution in [3.63, 3.8) is 0 Å². The number of fused-ring (bicyclic) bond motifs is 1. The molecule has 2 aliphatic rings. The first kappa shape index (κ1) is 19.8. The van der Waals surface area contributed by atoms with Crippen LogP contribution in [0.4, 0.5) is 11.4 Å². The number of amides is 3. The molecule has 0 saturated carbocycles. The molecule has 1 fully saturated rings. The zero-order valence-electron chi connectivity index (χ0n) is 16.2. The summed E-state index contributed by atoms with van der Waals surface area (Å²) in [6.45, 7) is 3.95. The molecule has 0 spiro atoms. The predicted molar refractivity (Wildman–Crippen MR) is 121 cm³/mol. The lowest BCUT2D eigenvalue weighted by molar-refractivity contribution is -0.122. The average molecular weight is 500 g/mol. The smallest absolute Gasteiger partial charge is 0.255 e. The van der Waals surface area contributed by atoms with Crippen molar-refractivity contribution in [3.8, 4) is 0 Å². The van der Waals surface area contributed by atoms with Crippen LogP contribution in [0.2, 0.25) is 0 Å². The van der Waals surface area contributed by atoms with Crippen molar-refractivity contribution in [2.24, 2.45) is 11.8 Å². The molecule has 1 heterocycles. The lowest BCUT2D eigenvalue weighted by atomic mass is 9.82. The van der Waals surface area contributed by atoms with Crippen LogP contribution in [0.1, 0.15) is 35.7 Å². The third-order valence-electron chi connectivity index (χ3n) is 5.65. The molecule has 2 atom stereocenters. The lowest BCUT2D eigenvalue weighted by Crippen LogP contribution is -2.30. The summed E-state index contributed by atoms with van der Waals surface area (Å²) in [5.41, 5.74) is 3.90. The third-order valence-corrected chi connectivity index (χ3v) is 6.32. The first-order chi connectivity index (χ1) is 13.8. The highest BCUT2D eigenvalue weighted by Crippen LogP contribution is 2.39. The molecule has 2 aromatic rings. The Balaban J connectivity index is 1.51. The monoisotopic (exact) mass is 500 g/mol. The highest BCUT2D eigenvalue weighted by Gasteiger charge is 2.48. The molecule has 29 heavy (non-hydrogen) atoms. The summed E-state index contributed by atoms with van der Waals surface area (Å²) in [5.74, 6) is -1.04. The molecule has 4 rings (SSSR count). The average Bonchev–Trinajstić information content (AvgIpc) is 2.94. The van der Waals surface area contributed by atoms with Gasteiger partial charge in [0, 0.05) is 14.8 Å². The molecule has 0 aromatic heterocycles. The summed E-state index contributed by atoms with van der Waals surface area (Å²) in [4.78, 5) is 39.5. The molecule has 0 unspecified atom stereocenters. The molecule has 1 saturated heterocycles. The Kier molecular flexibility index (Phi) is 5.29. The Morgan fingerprint density at radius 1 is 1.03 bits per heavy atom. The third kappa shape index (κ3) is 3.73. The largest absolute Gasteiger partial charge is 0.322 e. The highest BCUT2D eigenvalue weighted by atomic mass is 127. The summed E-state index contributed by atoms with van der Waals surface area (Å²) >= 11 is 2.23. The van der Waals surface area contributed by atoms with Crippen molar-refractivity contribution in [2.75, 3.05) is 10.2 Å². The molecule has 5 nitrogen and oxygen atoms in total. The van der Waals surface area contributed by atoms with Crippen LogP contribution in [0.15, 0.2) is 54.1 Å². The van der Waals surface area contributed by atoms with E-state index in [2.05, 4.69) is 34.0 Å². The Labute approximate surface area is 183 Å². The van der Waals surface area contributed by atoms with Crippen LogP contribution < -0.4 is 10.2 Å². The first-order valence-electron chi connectivity index (χ1n) is 9.56. The number of nitrogens with zero attached hydrogens (tertiary/aromatic N) is 1. The van der Waals surface area contributed by atoms with Crippen molar-refractivity contribution in [1.82, 2.24) is 0 Å². The number of carbonyl (C=O) groups excluding carboxylic acids is 3. The van der Waals surface area contributed by atoms with E-state index in [-0.39, 0.29) is 29.6 Å². The quantitative estimate of drug-likeness (QED) is 0.378. The zero-order valence-corrected chi connectivity index (χ0v) is 18.4. The number of hydrogen-bond acceptors (Lipinski definition) is 3. The Morgan fingerprint density at radius 2 is 1.72 bits per heavy atom. The van der Waals surface area contributed by atoms with Gasteiger partial charge in [-0.3, -0.25) is 19.3 Å². The van der Waals surface area contributed by atoms with Gasteiger partial charge < -0.3 is 5.32 Å². The number of allylic oxidation sites excluding steroid dienone is 2. The number of imide groups is 1. The molecule has 1 N–H and O–H groups in total. The van der Waals surface area contributed by atoms with Gasteiger partial charge in [0.1, 0.15) is 0 Å². The second-order valence-corrected chi connectivity index (χ2v) is 8.92. The van der Waals surface area contributed by atoms with Gasteiger partial charge in [-0.2, -0.15) is 0 Å². The van der Waals surface area contributed by atoms with Gasteiger partial charge in [-0.25, -0.2) is 0 Å². The molecular weight excluding hydrogens is 479 g/mol. The van der Waals surface area contributed by atoms with E-state index >= 15 is 0 Å². The highest BCUT2D eigenvalue weighted by molar-refractivity contribution is 14.1. The molecule has 0 bridgehead atoms. The summed E-state index contributed by atoms with van der Waals surface area (Å²) in [5, 5.41) is 2.91. The molecular formula is C23H21IN2O3. The SMILES string of the molecule is CC1=CC[C@H]2C(=O)N(c3ccc(C(=O)Nc4ccc(I)cc4C)cc3)C(=O)[C@H]2C1. The second kappa shape index (κ2) is 7.74. The van der Waals surface area contributed by atoms with Gasteiger partial charge in [0.2, 0.25) is 11.8 Å². The van der Waals surface area contributed by atoms with Crippen molar-refractivity contribution in [2.45, 2.75) is 26.7 Å². The van der Waals surface area contributed by atoms with E-state index in [9.17, 15) is 14.4 Å². The summed E-state index contributed by atoms with van der Waals surface area (Å²) in [7, 11) is 0. The number of benzene rings is 2. The van der Waals surface area contributed by atoms with Gasteiger partial charge in [-0.15, -0.1) is 0 Å². The van der Waals surface area contributed by atoms with Crippen LogP contribution in [0.3, 0.4) is 0 Å². The molecule has 0 radical (unpaired) electrons. The fourth-order valence-corrected chi connectivity index (χ4v) is 4.66. The summed E-state index contributed by atoms with van der Waals surface area (Å²) in [6, 6.07) is 12.5. The number of rotatable bonds is 3. The molecule has 1 aliphatic carbocycles. The molecule has 3 amide bonds. The second-order valence-electron chi connectivity index (χ2n) is 7.68. The van der Waals surface area contributed by atoms with Crippen LogP contribution in [0.5, 0.6) is 0 Å². The van der Waals surface area contributed by atoms with Gasteiger partial charge >= 0.3 is 0 Å².